The van der Waals surface area contributed by atoms with Gasteiger partial charge in [-0.05, 0) is 49.4 Å². The molecule has 3 aliphatic carbocycles. The van der Waals surface area contributed by atoms with Crippen LogP contribution < -0.4 is 0 Å². The molecule has 14 heavy (non-hydrogen) atoms. The summed E-state index contributed by atoms with van der Waals surface area (Å²) in [6.45, 7) is 4.42. The highest BCUT2D eigenvalue weighted by atomic mass is 16.3. The van der Waals surface area contributed by atoms with Gasteiger partial charge in [0.15, 0.2) is 0 Å². The molecule has 0 aromatic rings. The Morgan fingerprint density at radius 2 is 2.07 bits per heavy atom. The van der Waals surface area contributed by atoms with Crippen molar-refractivity contribution in [2.45, 2.75) is 45.1 Å². The van der Waals surface area contributed by atoms with Crippen molar-refractivity contribution in [2.24, 2.45) is 23.2 Å². The maximum atomic E-state index is 10.7. The molecule has 0 spiro atoms. The van der Waals surface area contributed by atoms with E-state index in [1.165, 1.54) is 25.7 Å². The van der Waals surface area contributed by atoms with Crippen LogP contribution in [-0.2, 0) is 0 Å². The van der Waals surface area contributed by atoms with Gasteiger partial charge < -0.3 is 5.11 Å². The summed E-state index contributed by atoms with van der Waals surface area (Å²) in [7, 11) is 0. The van der Waals surface area contributed by atoms with Gasteiger partial charge in [-0.1, -0.05) is 25.5 Å². The van der Waals surface area contributed by atoms with E-state index in [4.69, 9.17) is 0 Å². The fraction of sp³-hybridized carbons (Fsp3) is 0.846. The fourth-order valence-corrected chi connectivity index (χ4v) is 4.55. The number of hydrogen-bond donors (Lipinski definition) is 1. The molecule has 0 heterocycles. The van der Waals surface area contributed by atoms with Crippen LogP contribution in [0, 0.1) is 23.2 Å². The SMILES string of the molecule is CC12C=CC(C1)C1CCCC2C1(C)O. The maximum absolute atomic E-state index is 10.7. The Morgan fingerprint density at radius 3 is 2.86 bits per heavy atom. The Hall–Kier alpha value is -0.300. The molecule has 0 aliphatic heterocycles. The summed E-state index contributed by atoms with van der Waals surface area (Å²) < 4.78 is 0. The molecule has 5 unspecified atom stereocenters. The molecule has 5 atom stereocenters. The number of hydrogen-bond acceptors (Lipinski definition) is 1. The van der Waals surface area contributed by atoms with Crippen LogP contribution in [0.15, 0.2) is 12.2 Å². The van der Waals surface area contributed by atoms with Crippen LogP contribution >= 0.6 is 0 Å². The molecule has 4 bridgehead atoms. The largest absolute Gasteiger partial charge is 0.390 e. The van der Waals surface area contributed by atoms with E-state index in [9.17, 15) is 5.11 Å². The van der Waals surface area contributed by atoms with E-state index < -0.39 is 5.60 Å². The van der Waals surface area contributed by atoms with E-state index >= 15 is 0 Å². The van der Waals surface area contributed by atoms with Gasteiger partial charge in [0.2, 0.25) is 0 Å². The number of fused-ring (bicyclic) bond motifs is 6. The van der Waals surface area contributed by atoms with E-state index in [0.717, 1.165) is 0 Å². The van der Waals surface area contributed by atoms with E-state index in [1.807, 2.05) is 0 Å². The molecule has 0 radical (unpaired) electrons. The normalized spacial score (nSPS) is 60.4. The van der Waals surface area contributed by atoms with Gasteiger partial charge in [-0.3, -0.25) is 0 Å². The predicted octanol–water partition coefficient (Wildman–Crippen LogP) is 2.75. The first kappa shape index (κ1) is 8.96. The molecule has 0 aromatic carbocycles. The van der Waals surface area contributed by atoms with Crippen LogP contribution in [0.25, 0.3) is 0 Å². The summed E-state index contributed by atoms with van der Waals surface area (Å²) in [6.07, 6.45) is 9.83. The lowest BCUT2D eigenvalue weighted by molar-refractivity contribution is -0.153. The topological polar surface area (TPSA) is 20.2 Å². The zero-order chi connectivity index (χ0) is 9.97. The monoisotopic (exact) mass is 192 g/mol. The number of allylic oxidation sites excluding steroid dienone is 2. The van der Waals surface area contributed by atoms with Crippen LogP contribution in [-0.4, -0.2) is 10.7 Å². The molecular weight excluding hydrogens is 172 g/mol. The average molecular weight is 192 g/mol. The Balaban J connectivity index is 2.08. The van der Waals surface area contributed by atoms with Gasteiger partial charge in [0.05, 0.1) is 5.60 Å². The molecule has 1 N–H and O–H groups in total. The Bertz CT molecular complexity index is 292. The zero-order valence-electron chi connectivity index (χ0n) is 9.16. The average Bonchev–Trinajstić information content (AvgIpc) is 2.44. The Labute approximate surface area is 86.2 Å². The lowest BCUT2D eigenvalue weighted by Gasteiger charge is -2.55. The van der Waals surface area contributed by atoms with Crippen molar-refractivity contribution in [3.63, 3.8) is 0 Å². The van der Waals surface area contributed by atoms with Crippen molar-refractivity contribution in [3.05, 3.63) is 12.2 Å². The van der Waals surface area contributed by atoms with Crippen LogP contribution in [0.5, 0.6) is 0 Å². The predicted molar refractivity (Wildman–Crippen MR) is 56.8 cm³/mol. The third-order valence-corrected chi connectivity index (χ3v) is 5.18. The molecule has 3 rings (SSSR count). The Morgan fingerprint density at radius 1 is 1.29 bits per heavy atom. The molecule has 78 valence electrons. The summed E-state index contributed by atoms with van der Waals surface area (Å²) in [5, 5.41) is 10.7. The van der Waals surface area contributed by atoms with Crippen LogP contribution in [0.3, 0.4) is 0 Å². The minimum atomic E-state index is -0.403. The Kier molecular flexibility index (Phi) is 1.56. The van der Waals surface area contributed by atoms with E-state index in [1.54, 1.807) is 0 Å². The van der Waals surface area contributed by atoms with Crippen molar-refractivity contribution in [2.75, 3.05) is 0 Å². The summed E-state index contributed by atoms with van der Waals surface area (Å²) in [5.41, 5.74) is -0.107. The number of aliphatic hydroxyl groups is 1. The molecule has 0 amide bonds. The molecule has 3 aliphatic rings. The van der Waals surface area contributed by atoms with Gasteiger partial charge in [-0.25, -0.2) is 0 Å². The van der Waals surface area contributed by atoms with Gasteiger partial charge >= 0.3 is 0 Å². The molecule has 0 saturated heterocycles. The standard InChI is InChI=1S/C13H20O/c1-12-7-6-9(8-12)10-4-3-5-11(12)13(10,2)14/h6-7,9-11,14H,3-5,8H2,1-2H3. The van der Waals surface area contributed by atoms with Crippen LogP contribution in [0.1, 0.15) is 39.5 Å². The second-order valence-corrected chi connectivity index (χ2v) is 6.05. The molecule has 1 nitrogen and oxygen atoms in total. The smallest absolute Gasteiger partial charge is 0.0689 e. The molecule has 0 aromatic heterocycles. The van der Waals surface area contributed by atoms with Gasteiger partial charge in [0.25, 0.3) is 0 Å². The molecule has 2 saturated carbocycles. The van der Waals surface area contributed by atoms with Crippen molar-refractivity contribution in [3.8, 4) is 0 Å². The summed E-state index contributed by atoms with van der Waals surface area (Å²) in [5.74, 6) is 1.70. The van der Waals surface area contributed by atoms with Gasteiger partial charge in [-0.15, -0.1) is 0 Å². The van der Waals surface area contributed by atoms with E-state index in [-0.39, 0.29) is 0 Å². The second-order valence-electron chi connectivity index (χ2n) is 6.05. The van der Waals surface area contributed by atoms with Crippen LogP contribution in [0.2, 0.25) is 0 Å². The maximum Gasteiger partial charge on any atom is 0.0689 e. The van der Waals surface area contributed by atoms with Crippen LogP contribution in [0.4, 0.5) is 0 Å². The highest BCUT2D eigenvalue weighted by Gasteiger charge is 2.58. The quantitative estimate of drug-likeness (QED) is 0.585. The van der Waals surface area contributed by atoms with Crippen molar-refractivity contribution < 1.29 is 5.11 Å². The van der Waals surface area contributed by atoms with Gasteiger partial charge in [0, 0.05) is 0 Å². The van der Waals surface area contributed by atoms with E-state index in [0.29, 0.717) is 23.2 Å². The molecule has 2 fully saturated rings. The lowest BCUT2D eigenvalue weighted by Crippen LogP contribution is -2.56. The van der Waals surface area contributed by atoms with Crippen molar-refractivity contribution in [1.29, 1.82) is 0 Å². The van der Waals surface area contributed by atoms with Gasteiger partial charge in [0.1, 0.15) is 0 Å². The number of rotatable bonds is 0. The third kappa shape index (κ3) is 0.894. The molecular formula is C13H20O. The third-order valence-electron chi connectivity index (χ3n) is 5.18. The summed E-state index contributed by atoms with van der Waals surface area (Å²) in [4.78, 5) is 0. The lowest BCUT2D eigenvalue weighted by atomic mass is 9.52. The van der Waals surface area contributed by atoms with Crippen molar-refractivity contribution >= 4 is 0 Å². The first-order valence-corrected chi connectivity index (χ1v) is 5.96. The minimum Gasteiger partial charge on any atom is -0.390 e. The summed E-state index contributed by atoms with van der Waals surface area (Å²) in [6, 6.07) is 0. The van der Waals surface area contributed by atoms with Crippen molar-refractivity contribution in [1.82, 2.24) is 0 Å². The summed E-state index contributed by atoms with van der Waals surface area (Å²) >= 11 is 0. The highest BCUT2D eigenvalue weighted by molar-refractivity contribution is 5.22. The second kappa shape index (κ2) is 2.44. The zero-order valence-corrected chi connectivity index (χ0v) is 9.16. The molecule has 1 heteroatoms. The minimum absolute atomic E-state index is 0.297. The first-order chi connectivity index (χ1) is 6.54. The van der Waals surface area contributed by atoms with Gasteiger partial charge in [-0.2, -0.15) is 0 Å². The van der Waals surface area contributed by atoms with E-state index in [2.05, 4.69) is 26.0 Å². The highest BCUT2D eigenvalue weighted by Crippen LogP contribution is 2.61. The fourth-order valence-electron chi connectivity index (χ4n) is 4.55. The first-order valence-electron chi connectivity index (χ1n) is 5.96.